The van der Waals surface area contributed by atoms with Crippen LogP contribution >= 0.6 is 11.8 Å². The van der Waals surface area contributed by atoms with Gasteiger partial charge in [0.05, 0.1) is 6.54 Å². The normalized spacial score (nSPS) is 24.2. The summed E-state index contributed by atoms with van der Waals surface area (Å²) >= 11 is 1.83. The molecular formula is C11H20N2O2S. The lowest BCUT2D eigenvalue weighted by Crippen LogP contribution is -2.45. The Balaban J connectivity index is 2.46. The maximum atomic E-state index is 11.8. The van der Waals surface area contributed by atoms with Crippen molar-refractivity contribution in [2.24, 2.45) is 0 Å². The monoisotopic (exact) mass is 244 g/mol. The number of nitrogens with zero attached hydrogens (tertiary/aromatic N) is 1. The molecule has 2 amide bonds. The van der Waals surface area contributed by atoms with Crippen LogP contribution in [0.5, 0.6) is 0 Å². The van der Waals surface area contributed by atoms with Gasteiger partial charge in [0, 0.05) is 25.3 Å². The van der Waals surface area contributed by atoms with Gasteiger partial charge in [0.2, 0.25) is 11.8 Å². The molecule has 1 saturated carbocycles. The van der Waals surface area contributed by atoms with E-state index < -0.39 is 0 Å². The Morgan fingerprint density at radius 1 is 1.44 bits per heavy atom. The highest BCUT2D eigenvalue weighted by Crippen LogP contribution is 2.31. The van der Waals surface area contributed by atoms with Gasteiger partial charge in [-0.15, -0.1) is 0 Å². The molecule has 0 aromatic carbocycles. The van der Waals surface area contributed by atoms with Crippen molar-refractivity contribution in [3.8, 4) is 0 Å². The average molecular weight is 244 g/mol. The van der Waals surface area contributed by atoms with E-state index in [1.54, 1.807) is 4.90 Å². The number of amides is 2. The van der Waals surface area contributed by atoms with E-state index in [0.717, 1.165) is 6.42 Å². The van der Waals surface area contributed by atoms with Gasteiger partial charge in [0.1, 0.15) is 0 Å². The standard InChI is InChI=1S/C11H20N2O2S/c1-8(14)12-7-11(15)13(2)9-5-4-6-10(9)16-3/h9-10H,4-7H2,1-3H3,(H,12,14). The topological polar surface area (TPSA) is 49.4 Å². The zero-order chi connectivity index (χ0) is 12.1. The number of likely N-dealkylation sites (N-methyl/N-ethyl adjacent to an activating group) is 1. The van der Waals surface area contributed by atoms with Crippen molar-refractivity contribution in [2.45, 2.75) is 37.5 Å². The zero-order valence-electron chi connectivity index (χ0n) is 10.2. The van der Waals surface area contributed by atoms with Gasteiger partial charge in [-0.1, -0.05) is 6.42 Å². The zero-order valence-corrected chi connectivity index (χ0v) is 11.0. The lowest BCUT2D eigenvalue weighted by molar-refractivity contribution is -0.132. The summed E-state index contributed by atoms with van der Waals surface area (Å²) < 4.78 is 0. The molecule has 1 fully saturated rings. The first-order valence-electron chi connectivity index (χ1n) is 5.59. The fraction of sp³-hybridized carbons (Fsp3) is 0.818. The van der Waals surface area contributed by atoms with E-state index in [4.69, 9.17) is 0 Å². The van der Waals surface area contributed by atoms with E-state index in [-0.39, 0.29) is 18.4 Å². The molecule has 0 aromatic heterocycles. The number of carbonyl (C=O) groups is 2. The van der Waals surface area contributed by atoms with Crippen LogP contribution in [0.15, 0.2) is 0 Å². The number of nitrogens with one attached hydrogen (secondary N) is 1. The molecule has 16 heavy (non-hydrogen) atoms. The first kappa shape index (κ1) is 13.4. The van der Waals surface area contributed by atoms with E-state index >= 15 is 0 Å². The molecule has 0 heterocycles. The minimum Gasteiger partial charge on any atom is -0.347 e. The molecule has 0 aromatic rings. The summed E-state index contributed by atoms with van der Waals surface area (Å²) in [5, 5.41) is 3.09. The lowest BCUT2D eigenvalue weighted by atomic mass is 10.2. The van der Waals surface area contributed by atoms with Crippen LogP contribution < -0.4 is 5.32 Å². The van der Waals surface area contributed by atoms with Crippen LogP contribution in [0.25, 0.3) is 0 Å². The molecule has 4 nitrogen and oxygen atoms in total. The molecule has 0 radical (unpaired) electrons. The molecule has 1 aliphatic rings. The molecule has 1 rings (SSSR count). The van der Waals surface area contributed by atoms with Crippen molar-refractivity contribution in [1.29, 1.82) is 0 Å². The van der Waals surface area contributed by atoms with Gasteiger partial charge >= 0.3 is 0 Å². The Bertz CT molecular complexity index is 271. The van der Waals surface area contributed by atoms with Crippen LogP contribution in [0.1, 0.15) is 26.2 Å². The third-order valence-corrected chi connectivity index (χ3v) is 4.26. The Morgan fingerprint density at radius 3 is 2.69 bits per heavy atom. The molecule has 2 atom stereocenters. The third kappa shape index (κ3) is 3.40. The van der Waals surface area contributed by atoms with E-state index in [2.05, 4.69) is 11.6 Å². The minimum absolute atomic E-state index is 0.00106. The Labute approximate surface area is 101 Å². The molecule has 92 valence electrons. The van der Waals surface area contributed by atoms with Crippen molar-refractivity contribution in [3.05, 3.63) is 0 Å². The van der Waals surface area contributed by atoms with Crippen LogP contribution in [-0.2, 0) is 9.59 Å². The van der Waals surface area contributed by atoms with Gasteiger partial charge in [0.15, 0.2) is 0 Å². The second-order valence-corrected chi connectivity index (χ2v) is 5.26. The second-order valence-electron chi connectivity index (χ2n) is 4.19. The summed E-state index contributed by atoms with van der Waals surface area (Å²) in [4.78, 5) is 24.3. The van der Waals surface area contributed by atoms with Gasteiger partial charge in [-0.3, -0.25) is 9.59 Å². The van der Waals surface area contributed by atoms with Crippen LogP contribution in [0.3, 0.4) is 0 Å². The fourth-order valence-electron chi connectivity index (χ4n) is 2.13. The van der Waals surface area contributed by atoms with Crippen molar-refractivity contribution >= 4 is 23.6 Å². The van der Waals surface area contributed by atoms with Gasteiger partial charge in [-0.2, -0.15) is 11.8 Å². The maximum Gasteiger partial charge on any atom is 0.241 e. The van der Waals surface area contributed by atoms with Crippen LogP contribution in [0.4, 0.5) is 0 Å². The number of rotatable bonds is 4. The van der Waals surface area contributed by atoms with Crippen molar-refractivity contribution < 1.29 is 9.59 Å². The van der Waals surface area contributed by atoms with Crippen LogP contribution in [-0.4, -0.2) is 47.9 Å². The first-order valence-corrected chi connectivity index (χ1v) is 6.88. The maximum absolute atomic E-state index is 11.8. The van der Waals surface area contributed by atoms with E-state index in [9.17, 15) is 9.59 Å². The third-order valence-electron chi connectivity index (χ3n) is 3.10. The number of thioether (sulfide) groups is 1. The van der Waals surface area contributed by atoms with Crippen LogP contribution in [0.2, 0.25) is 0 Å². The Morgan fingerprint density at radius 2 is 2.12 bits per heavy atom. The van der Waals surface area contributed by atoms with Crippen molar-refractivity contribution in [3.63, 3.8) is 0 Å². The van der Waals surface area contributed by atoms with Gasteiger partial charge < -0.3 is 10.2 Å². The quantitative estimate of drug-likeness (QED) is 0.798. The van der Waals surface area contributed by atoms with Crippen molar-refractivity contribution in [2.75, 3.05) is 19.8 Å². The smallest absolute Gasteiger partial charge is 0.241 e. The fourth-order valence-corrected chi connectivity index (χ4v) is 3.17. The van der Waals surface area contributed by atoms with E-state index in [1.807, 2.05) is 18.8 Å². The molecular weight excluding hydrogens is 224 g/mol. The predicted molar refractivity (Wildman–Crippen MR) is 66.4 cm³/mol. The number of carbonyl (C=O) groups excluding carboxylic acids is 2. The Kier molecular flexibility index (Phi) is 5.12. The highest BCUT2D eigenvalue weighted by molar-refractivity contribution is 7.99. The van der Waals surface area contributed by atoms with E-state index in [0.29, 0.717) is 11.3 Å². The van der Waals surface area contributed by atoms with E-state index in [1.165, 1.54) is 19.8 Å². The number of hydrogen-bond donors (Lipinski definition) is 1. The highest BCUT2D eigenvalue weighted by Gasteiger charge is 2.31. The lowest BCUT2D eigenvalue weighted by Gasteiger charge is -2.29. The summed E-state index contributed by atoms with van der Waals surface area (Å²) in [6.45, 7) is 1.54. The molecule has 2 unspecified atom stereocenters. The van der Waals surface area contributed by atoms with Gasteiger partial charge in [0.25, 0.3) is 0 Å². The summed E-state index contributed by atoms with van der Waals surface area (Å²) in [5.74, 6) is -0.157. The predicted octanol–water partition coefficient (Wildman–Crippen LogP) is 0.865. The summed E-state index contributed by atoms with van der Waals surface area (Å²) in [7, 11) is 1.84. The summed E-state index contributed by atoms with van der Waals surface area (Å²) in [6.07, 6.45) is 5.54. The number of hydrogen-bond acceptors (Lipinski definition) is 3. The molecule has 1 aliphatic carbocycles. The van der Waals surface area contributed by atoms with Crippen LogP contribution in [0, 0.1) is 0 Å². The highest BCUT2D eigenvalue weighted by atomic mass is 32.2. The first-order chi connectivity index (χ1) is 7.56. The van der Waals surface area contributed by atoms with Gasteiger partial charge in [-0.05, 0) is 19.1 Å². The minimum atomic E-state index is -0.158. The summed E-state index contributed by atoms with van der Waals surface area (Å²) in [6, 6.07) is 0.330. The second kappa shape index (κ2) is 6.13. The van der Waals surface area contributed by atoms with Crippen molar-refractivity contribution in [1.82, 2.24) is 10.2 Å². The molecule has 0 spiro atoms. The molecule has 1 N–H and O–H groups in total. The molecule has 0 bridgehead atoms. The SMILES string of the molecule is CSC1CCCC1N(C)C(=O)CNC(C)=O. The largest absolute Gasteiger partial charge is 0.347 e. The molecule has 0 aliphatic heterocycles. The summed E-state index contributed by atoms with van der Waals surface area (Å²) in [5.41, 5.74) is 0. The molecule has 0 saturated heterocycles. The van der Waals surface area contributed by atoms with Gasteiger partial charge in [-0.25, -0.2) is 0 Å². The average Bonchev–Trinajstić information content (AvgIpc) is 2.72. The Hall–Kier alpha value is -0.710. The molecule has 5 heteroatoms.